The number of hydrogen-bond acceptors (Lipinski definition) is 5. The van der Waals surface area contributed by atoms with Crippen LogP contribution >= 0.6 is 0 Å². The Bertz CT molecular complexity index is 550. The van der Waals surface area contributed by atoms with Crippen LogP contribution in [0.5, 0.6) is 0 Å². The fourth-order valence-electron chi connectivity index (χ4n) is 1.31. The lowest BCUT2D eigenvalue weighted by Gasteiger charge is -2.23. The number of hydrogen-bond donors (Lipinski definition) is 2. The van der Waals surface area contributed by atoms with Gasteiger partial charge in [0, 0.05) is 5.56 Å². The second kappa shape index (κ2) is 5.05. The van der Waals surface area contributed by atoms with Crippen LogP contribution in [0.4, 0.5) is 0 Å². The Morgan fingerprint density at radius 2 is 2.11 bits per heavy atom. The molecule has 6 nitrogen and oxygen atoms in total. The molecular formula is C11H15NO5S. The van der Waals surface area contributed by atoms with Gasteiger partial charge in [0.2, 0.25) is 5.91 Å². The maximum Gasteiger partial charge on any atom is 0.264 e. The molecule has 0 saturated heterocycles. The van der Waals surface area contributed by atoms with Gasteiger partial charge in [0.25, 0.3) is 10.1 Å². The van der Waals surface area contributed by atoms with Crippen molar-refractivity contribution in [3.05, 3.63) is 35.4 Å². The third-order valence-corrected chi connectivity index (χ3v) is 2.87. The fraction of sp³-hybridized carbons (Fsp3) is 0.364. The monoisotopic (exact) mass is 273 g/mol. The summed E-state index contributed by atoms with van der Waals surface area (Å²) in [5.41, 5.74) is 4.17. The molecule has 1 rings (SSSR count). The highest BCUT2D eigenvalue weighted by Gasteiger charge is 2.26. The quantitative estimate of drug-likeness (QED) is 0.733. The summed E-state index contributed by atoms with van der Waals surface area (Å²) in [5.74, 6) is -0.628. The van der Waals surface area contributed by atoms with E-state index in [4.69, 9.17) is 5.73 Å². The van der Waals surface area contributed by atoms with E-state index in [1.54, 1.807) is 12.1 Å². The lowest BCUT2D eigenvalue weighted by molar-refractivity contribution is 0.0100. The first-order chi connectivity index (χ1) is 8.12. The maximum atomic E-state index is 11.0. The van der Waals surface area contributed by atoms with Crippen molar-refractivity contribution in [2.24, 2.45) is 5.73 Å². The summed E-state index contributed by atoms with van der Waals surface area (Å²) in [6, 6.07) is 6.00. The molecule has 0 aromatic heterocycles. The molecule has 3 N–H and O–H groups in total. The number of primary amides is 1. The van der Waals surface area contributed by atoms with E-state index in [1.165, 1.54) is 19.1 Å². The topological polar surface area (TPSA) is 107 Å². The first-order valence-electron chi connectivity index (χ1n) is 5.09. The molecular weight excluding hydrogens is 258 g/mol. The van der Waals surface area contributed by atoms with Crippen LogP contribution in [0.25, 0.3) is 0 Å². The van der Waals surface area contributed by atoms with Crippen LogP contribution in [0.1, 0.15) is 22.8 Å². The van der Waals surface area contributed by atoms with Gasteiger partial charge in [0.1, 0.15) is 5.60 Å². The zero-order chi connectivity index (χ0) is 14.0. The number of carbonyl (C=O) groups excluding carboxylic acids is 1. The maximum absolute atomic E-state index is 11.0. The predicted octanol–water partition coefficient (Wildman–Crippen LogP) is -0.0308. The summed E-state index contributed by atoms with van der Waals surface area (Å²) in [6.07, 6.45) is 0.892. The summed E-state index contributed by atoms with van der Waals surface area (Å²) in [6.45, 7) is 0.951. The van der Waals surface area contributed by atoms with Crippen molar-refractivity contribution in [3.8, 4) is 0 Å². The van der Waals surface area contributed by atoms with Crippen LogP contribution in [-0.4, -0.2) is 32.3 Å². The van der Waals surface area contributed by atoms with Crippen molar-refractivity contribution in [3.63, 3.8) is 0 Å². The van der Waals surface area contributed by atoms with Crippen LogP contribution in [0.15, 0.2) is 24.3 Å². The van der Waals surface area contributed by atoms with Crippen LogP contribution < -0.4 is 5.73 Å². The first kappa shape index (κ1) is 14.6. The molecule has 18 heavy (non-hydrogen) atoms. The highest BCUT2D eigenvalue weighted by Crippen LogP contribution is 2.22. The van der Waals surface area contributed by atoms with Gasteiger partial charge >= 0.3 is 0 Å². The van der Waals surface area contributed by atoms with Crippen LogP contribution in [0.3, 0.4) is 0 Å². The molecule has 0 aliphatic heterocycles. The molecule has 100 valence electrons. The second-order valence-corrected chi connectivity index (χ2v) is 5.83. The SMILES string of the molecule is C[C@@](O)(COS(C)(=O)=O)c1cccc(C(N)=O)c1. The highest BCUT2D eigenvalue weighted by atomic mass is 32.2. The highest BCUT2D eigenvalue weighted by molar-refractivity contribution is 7.85. The molecule has 0 unspecified atom stereocenters. The Morgan fingerprint density at radius 1 is 1.50 bits per heavy atom. The van der Waals surface area contributed by atoms with Gasteiger partial charge in [-0.05, 0) is 24.6 Å². The third kappa shape index (κ3) is 4.10. The van der Waals surface area contributed by atoms with Crippen molar-refractivity contribution in [1.82, 2.24) is 0 Å². The average molecular weight is 273 g/mol. The van der Waals surface area contributed by atoms with E-state index in [-0.39, 0.29) is 5.56 Å². The molecule has 0 aliphatic carbocycles. The average Bonchev–Trinajstić information content (AvgIpc) is 2.26. The number of benzene rings is 1. The molecule has 0 radical (unpaired) electrons. The first-order valence-corrected chi connectivity index (χ1v) is 6.90. The molecule has 0 heterocycles. The number of amides is 1. The van der Waals surface area contributed by atoms with E-state index >= 15 is 0 Å². The Labute approximate surface area is 105 Å². The smallest absolute Gasteiger partial charge is 0.264 e. The van der Waals surface area contributed by atoms with Crippen molar-refractivity contribution in [2.45, 2.75) is 12.5 Å². The molecule has 0 aliphatic rings. The minimum absolute atomic E-state index is 0.229. The summed E-state index contributed by atoms with van der Waals surface area (Å²) < 4.78 is 26.3. The summed E-state index contributed by atoms with van der Waals surface area (Å²) in [5, 5.41) is 10.1. The summed E-state index contributed by atoms with van der Waals surface area (Å²) in [4.78, 5) is 11.0. The van der Waals surface area contributed by atoms with Gasteiger partial charge in [-0.15, -0.1) is 0 Å². The Kier molecular flexibility index (Phi) is 4.10. The largest absolute Gasteiger partial charge is 0.383 e. The van der Waals surface area contributed by atoms with E-state index < -0.39 is 28.2 Å². The van der Waals surface area contributed by atoms with Crippen LogP contribution in [0, 0.1) is 0 Å². The Hall–Kier alpha value is -1.44. The zero-order valence-electron chi connectivity index (χ0n) is 10.1. The Balaban J connectivity index is 2.97. The zero-order valence-corrected chi connectivity index (χ0v) is 10.9. The molecule has 7 heteroatoms. The number of carbonyl (C=O) groups is 1. The molecule has 0 spiro atoms. The van der Waals surface area contributed by atoms with Gasteiger partial charge < -0.3 is 10.8 Å². The second-order valence-electron chi connectivity index (χ2n) is 4.19. The van der Waals surface area contributed by atoms with E-state index in [2.05, 4.69) is 4.18 Å². The van der Waals surface area contributed by atoms with E-state index in [9.17, 15) is 18.3 Å². The van der Waals surface area contributed by atoms with Gasteiger partial charge in [-0.3, -0.25) is 8.98 Å². The number of aliphatic hydroxyl groups is 1. The van der Waals surface area contributed by atoms with Crippen molar-refractivity contribution in [1.29, 1.82) is 0 Å². The Morgan fingerprint density at radius 3 is 2.61 bits per heavy atom. The molecule has 0 saturated carbocycles. The third-order valence-electron chi connectivity index (χ3n) is 2.32. The molecule has 0 fully saturated rings. The molecule has 1 aromatic carbocycles. The molecule has 0 bridgehead atoms. The van der Waals surface area contributed by atoms with Crippen molar-refractivity contribution < 1.29 is 22.5 Å². The van der Waals surface area contributed by atoms with Gasteiger partial charge in [0.05, 0.1) is 12.9 Å². The molecule has 1 aromatic rings. The van der Waals surface area contributed by atoms with Crippen LogP contribution in [-0.2, 0) is 19.9 Å². The minimum atomic E-state index is -3.64. The van der Waals surface area contributed by atoms with Gasteiger partial charge in [0.15, 0.2) is 0 Å². The normalized spacial score (nSPS) is 15.1. The fourth-order valence-corrected chi connectivity index (χ4v) is 1.76. The molecule has 1 amide bonds. The van der Waals surface area contributed by atoms with E-state index in [0.717, 1.165) is 6.26 Å². The standard InChI is InChI=1S/C11H15NO5S/c1-11(14,7-17-18(2,15)16)9-5-3-4-8(6-9)10(12)13/h3-6,14H,7H2,1-2H3,(H2,12,13)/t11-/m1/s1. The van der Waals surface area contributed by atoms with Gasteiger partial charge in [-0.1, -0.05) is 12.1 Å². The molecule has 1 atom stereocenters. The van der Waals surface area contributed by atoms with Crippen molar-refractivity contribution >= 4 is 16.0 Å². The summed E-state index contributed by atoms with van der Waals surface area (Å²) >= 11 is 0. The van der Waals surface area contributed by atoms with Gasteiger partial charge in [-0.25, -0.2) is 0 Å². The van der Waals surface area contributed by atoms with E-state index in [0.29, 0.717) is 5.56 Å². The van der Waals surface area contributed by atoms with Gasteiger partial charge in [-0.2, -0.15) is 8.42 Å². The predicted molar refractivity (Wildman–Crippen MR) is 65.3 cm³/mol. The van der Waals surface area contributed by atoms with Crippen molar-refractivity contribution in [2.75, 3.05) is 12.9 Å². The van der Waals surface area contributed by atoms with Crippen LogP contribution in [0.2, 0.25) is 0 Å². The summed E-state index contributed by atoms with van der Waals surface area (Å²) in [7, 11) is -3.64. The minimum Gasteiger partial charge on any atom is -0.383 e. The van der Waals surface area contributed by atoms with E-state index in [1.807, 2.05) is 0 Å². The number of rotatable bonds is 5. The number of nitrogens with two attached hydrogens (primary N) is 1. The lowest BCUT2D eigenvalue weighted by Crippen LogP contribution is -2.29. The lowest BCUT2D eigenvalue weighted by atomic mass is 9.95.